The zero-order valence-electron chi connectivity index (χ0n) is 5.25. The van der Waals surface area contributed by atoms with E-state index in [1.165, 1.54) is 18.7 Å². The highest BCUT2D eigenvalue weighted by atomic mass is 127. The second-order valence-corrected chi connectivity index (χ2v) is 2.00. The van der Waals surface area contributed by atoms with Gasteiger partial charge in [-0.2, -0.15) is 4.99 Å². The number of hydrogen-bond acceptors (Lipinski definition) is 2. The Kier molecular flexibility index (Phi) is 8.42. The van der Waals surface area contributed by atoms with E-state index in [4.69, 9.17) is 5.73 Å². The van der Waals surface area contributed by atoms with E-state index in [1.54, 1.807) is 6.26 Å². The van der Waals surface area contributed by atoms with E-state index in [0.717, 1.165) is 0 Å². The third-order valence-electron chi connectivity index (χ3n) is 0.477. The first-order valence-corrected chi connectivity index (χ1v) is 3.28. The van der Waals surface area contributed by atoms with Crippen molar-refractivity contribution < 1.29 is 4.79 Å². The predicted octanol–water partition coefficient (Wildman–Crippen LogP) is 0.829. The van der Waals surface area contributed by atoms with Crippen molar-refractivity contribution in [1.82, 2.24) is 0 Å². The summed E-state index contributed by atoms with van der Waals surface area (Å²) >= 11 is 1.26. The van der Waals surface area contributed by atoms with E-state index in [9.17, 15) is 4.79 Å². The fraction of sp³-hybridized carbons (Fsp3) is 0.500. The molecule has 0 aromatic rings. The smallest absolute Gasteiger partial charge is 0.244 e. The Morgan fingerprint density at radius 3 is 2.22 bits per heavy atom. The molecule has 0 fully saturated rings. The van der Waals surface area contributed by atoms with Gasteiger partial charge in [0.25, 0.3) is 0 Å². The minimum Gasteiger partial charge on any atom is -0.378 e. The predicted molar refractivity (Wildman–Crippen MR) is 51.2 cm³/mol. The van der Waals surface area contributed by atoms with E-state index in [2.05, 4.69) is 4.99 Å². The van der Waals surface area contributed by atoms with Gasteiger partial charge in [0.05, 0.1) is 0 Å². The third kappa shape index (κ3) is 8.22. The first kappa shape index (κ1) is 12.0. The number of amidine groups is 1. The van der Waals surface area contributed by atoms with Gasteiger partial charge in [0.2, 0.25) is 5.91 Å². The lowest BCUT2D eigenvalue weighted by atomic mass is 10.8. The van der Waals surface area contributed by atoms with E-state index in [1.807, 2.05) is 0 Å². The van der Waals surface area contributed by atoms with Crippen LogP contribution in [0.4, 0.5) is 0 Å². The number of nitrogens with two attached hydrogens (primary N) is 1. The SMILES string of the molecule is CSC(N)=NC(C)=O.I. The van der Waals surface area contributed by atoms with Crippen molar-refractivity contribution in [3.8, 4) is 0 Å². The van der Waals surface area contributed by atoms with Gasteiger partial charge < -0.3 is 5.73 Å². The van der Waals surface area contributed by atoms with E-state index in [0.29, 0.717) is 5.17 Å². The molecule has 0 heterocycles. The average Bonchev–Trinajstić information content (AvgIpc) is 1.65. The summed E-state index contributed by atoms with van der Waals surface area (Å²) in [7, 11) is 0. The maximum atomic E-state index is 10.1. The molecular formula is C4H9IN2OS. The summed E-state index contributed by atoms with van der Waals surface area (Å²) in [5, 5.41) is 0.317. The second-order valence-electron chi connectivity index (χ2n) is 1.17. The number of nitrogens with zero attached hydrogens (tertiary/aromatic N) is 1. The molecule has 0 spiro atoms. The molecule has 1 amide bonds. The molecule has 0 atom stereocenters. The Labute approximate surface area is 75.5 Å². The maximum absolute atomic E-state index is 10.1. The number of amides is 1. The normalized spacial score (nSPS) is 10.2. The van der Waals surface area contributed by atoms with Gasteiger partial charge in [-0.25, -0.2) is 0 Å². The van der Waals surface area contributed by atoms with Crippen LogP contribution in [0, 0.1) is 0 Å². The molecule has 0 aromatic carbocycles. The molecule has 0 saturated carbocycles. The van der Waals surface area contributed by atoms with Crippen molar-refractivity contribution in [2.24, 2.45) is 10.7 Å². The molecule has 0 aliphatic heterocycles. The van der Waals surface area contributed by atoms with E-state index < -0.39 is 0 Å². The van der Waals surface area contributed by atoms with Gasteiger partial charge in [0, 0.05) is 6.92 Å². The molecule has 3 nitrogen and oxygen atoms in total. The Balaban J connectivity index is 0. The monoisotopic (exact) mass is 260 g/mol. The minimum absolute atomic E-state index is 0. The van der Waals surface area contributed by atoms with Gasteiger partial charge in [-0.1, -0.05) is 11.8 Å². The van der Waals surface area contributed by atoms with Gasteiger partial charge in [0.1, 0.15) is 0 Å². The molecule has 0 radical (unpaired) electrons. The molecule has 0 aliphatic rings. The summed E-state index contributed by atoms with van der Waals surface area (Å²) in [5.41, 5.74) is 5.17. The van der Waals surface area contributed by atoms with E-state index in [-0.39, 0.29) is 29.9 Å². The molecule has 0 unspecified atom stereocenters. The molecule has 0 saturated heterocycles. The maximum Gasteiger partial charge on any atom is 0.244 e. The fourth-order valence-corrected chi connectivity index (χ4v) is 0.421. The van der Waals surface area contributed by atoms with Gasteiger partial charge in [-0.15, -0.1) is 24.0 Å². The van der Waals surface area contributed by atoms with Crippen molar-refractivity contribution in [3.63, 3.8) is 0 Å². The quantitative estimate of drug-likeness (QED) is 0.398. The summed E-state index contributed by atoms with van der Waals surface area (Å²) in [6, 6.07) is 0. The number of rotatable bonds is 0. The van der Waals surface area contributed by atoms with Gasteiger partial charge >= 0.3 is 0 Å². The molecule has 5 heteroatoms. The highest BCUT2D eigenvalue weighted by Gasteiger charge is 1.87. The number of halogens is 1. The van der Waals surface area contributed by atoms with Gasteiger partial charge in [-0.05, 0) is 6.26 Å². The van der Waals surface area contributed by atoms with Crippen LogP contribution < -0.4 is 5.73 Å². The van der Waals surface area contributed by atoms with Crippen molar-refractivity contribution >= 4 is 46.8 Å². The minimum atomic E-state index is -0.253. The Bertz CT molecular complexity index is 126. The Morgan fingerprint density at radius 2 is 2.11 bits per heavy atom. The fourth-order valence-electron chi connectivity index (χ4n) is 0.201. The average molecular weight is 260 g/mol. The van der Waals surface area contributed by atoms with Crippen LogP contribution in [0.5, 0.6) is 0 Å². The molecule has 9 heavy (non-hydrogen) atoms. The lowest BCUT2D eigenvalue weighted by Gasteiger charge is -1.87. The number of hydrogen-bond donors (Lipinski definition) is 1. The molecule has 0 aromatic heterocycles. The molecule has 0 bridgehead atoms. The van der Waals surface area contributed by atoms with E-state index >= 15 is 0 Å². The molecule has 0 aliphatic carbocycles. The number of carbonyl (C=O) groups excluding carboxylic acids is 1. The molecular weight excluding hydrogens is 251 g/mol. The Morgan fingerprint density at radius 1 is 1.67 bits per heavy atom. The molecule has 2 N–H and O–H groups in total. The molecule has 54 valence electrons. The summed E-state index contributed by atoms with van der Waals surface area (Å²) < 4.78 is 0. The summed E-state index contributed by atoms with van der Waals surface area (Å²) in [6.45, 7) is 1.36. The van der Waals surface area contributed by atoms with Crippen LogP contribution in [0.25, 0.3) is 0 Å². The summed E-state index contributed by atoms with van der Waals surface area (Å²) in [4.78, 5) is 13.5. The lowest BCUT2D eigenvalue weighted by Crippen LogP contribution is -2.07. The van der Waals surface area contributed by atoms with Crippen molar-refractivity contribution in [3.05, 3.63) is 0 Å². The standard InChI is InChI=1S/C4H8N2OS.HI/c1-3(7)6-4(5)8-2;/h1-2H3,(H2,5,6,7);1H. The summed E-state index contributed by atoms with van der Waals surface area (Å²) in [5.74, 6) is -0.253. The molecule has 0 rings (SSSR count). The number of aliphatic imine (C=N–C) groups is 1. The van der Waals surface area contributed by atoms with Crippen LogP contribution in [-0.4, -0.2) is 17.3 Å². The highest BCUT2D eigenvalue weighted by molar-refractivity contribution is 14.0. The van der Waals surface area contributed by atoms with Crippen LogP contribution in [0.1, 0.15) is 6.92 Å². The zero-order valence-corrected chi connectivity index (χ0v) is 8.40. The topological polar surface area (TPSA) is 55.4 Å². The van der Waals surface area contributed by atoms with Gasteiger partial charge in [-0.3, -0.25) is 4.79 Å². The Hall–Kier alpha value is 0.220. The highest BCUT2D eigenvalue weighted by Crippen LogP contribution is 1.89. The van der Waals surface area contributed by atoms with Crippen LogP contribution in [-0.2, 0) is 4.79 Å². The van der Waals surface area contributed by atoms with Crippen molar-refractivity contribution in [2.45, 2.75) is 6.92 Å². The van der Waals surface area contributed by atoms with Crippen LogP contribution in [0.15, 0.2) is 4.99 Å². The number of thioether (sulfide) groups is 1. The van der Waals surface area contributed by atoms with Crippen molar-refractivity contribution in [1.29, 1.82) is 0 Å². The van der Waals surface area contributed by atoms with Crippen LogP contribution in [0.3, 0.4) is 0 Å². The first-order chi connectivity index (χ1) is 3.66. The largest absolute Gasteiger partial charge is 0.378 e. The first-order valence-electron chi connectivity index (χ1n) is 2.05. The summed E-state index contributed by atoms with van der Waals surface area (Å²) in [6.07, 6.45) is 1.77. The third-order valence-corrected chi connectivity index (χ3v) is 0.986. The van der Waals surface area contributed by atoms with Crippen molar-refractivity contribution in [2.75, 3.05) is 6.26 Å². The van der Waals surface area contributed by atoms with Crippen LogP contribution >= 0.6 is 35.7 Å². The zero-order chi connectivity index (χ0) is 6.57. The van der Waals surface area contributed by atoms with Gasteiger partial charge in [0.15, 0.2) is 5.17 Å². The number of carbonyl (C=O) groups is 1. The second kappa shape index (κ2) is 6.34. The van der Waals surface area contributed by atoms with Crippen LogP contribution in [0.2, 0.25) is 0 Å². The lowest BCUT2D eigenvalue weighted by molar-refractivity contribution is -0.115.